The molecule has 48 heavy (non-hydrogen) atoms. The molecule has 3 amide bonds. The number of rotatable bonds is 10. The largest absolute Gasteiger partial charge is 0.344 e. The lowest BCUT2D eigenvalue weighted by Crippen LogP contribution is -2.48. The standard InChI is InChI=1S/C36H43N9O3/c1-44-17-19-45(20-18-44)36(48)30-4-2-3-29(22-30)26-9-5-24(6-10-26)21-32(39-34(46)28-11-7-25(23-37)8-12-28)35(47)38-31-15-13-27(14-16-31)33-40-42-43-41-33/h2-6,9-10,13-16,22,25,28,32H,7-8,11-12,17-21,23,37H2,1H3,(H,38,47)(H,39,46)(H,40,41,42,43)/t25-,28-,32-/m0/s1. The summed E-state index contributed by atoms with van der Waals surface area (Å²) in [6.45, 7) is 3.82. The van der Waals surface area contributed by atoms with E-state index in [2.05, 4.69) is 43.2 Å². The van der Waals surface area contributed by atoms with E-state index in [1.54, 1.807) is 12.1 Å². The van der Waals surface area contributed by atoms with Gasteiger partial charge in [0, 0.05) is 55.3 Å². The van der Waals surface area contributed by atoms with E-state index in [4.69, 9.17) is 5.73 Å². The second-order valence-electron chi connectivity index (χ2n) is 12.9. The predicted octanol–water partition coefficient (Wildman–Crippen LogP) is 3.35. The van der Waals surface area contributed by atoms with Crippen LogP contribution in [0.4, 0.5) is 5.69 Å². The zero-order valence-electron chi connectivity index (χ0n) is 27.3. The number of nitrogens with zero attached hydrogens (tertiary/aromatic N) is 5. The number of H-pyrrole nitrogens is 1. The molecule has 6 rings (SSSR count). The second-order valence-corrected chi connectivity index (χ2v) is 12.9. The smallest absolute Gasteiger partial charge is 0.253 e. The fraction of sp³-hybridized carbons (Fsp3) is 0.389. The van der Waals surface area contributed by atoms with E-state index in [1.807, 2.05) is 65.6 Å². The van der Waals surface area contributed by atoms with Gasteiger partial charge in [-0.25, -0.2) is 5.10 Å². The van der Waals surface area contributed by atoms with Crippen LogP contribution in [-0.2, 0) is 16.0 Å². The van der Waals surface area contributed by atoms with Crippen LogP contribution in [-0.4, -0.2) is 94.0 Å². The quantitative estimate of drug-likeness (QED) is 0.203. The van der Waals surface area contributed by atoms with Crippen molar-refractivity contribution in [3.8, 4) is 22.5 Å². The van der Waals surface area contributed by atoms with Gasteiger partial charge >= 0.3 is 0 Å². The van der Waals surface area contributed by atoms with Crippen LogP contribution in [0.1, 0.15) is 41.6 Å². The number of hydrogen-bond donors (Lipinski definition) is 4. The molecular weight excluding hydrogens is 606 g/mol. The Kier molecular flexibility index (Phi) is 10.5. The molecule has 0 radical (unpaired) electrons. The Morgan fingerprint density at radius 1 is 0.896 bits per heavy atom. The highest BCUT2D eigenvalue weighted by Gasteiger charge is 2.29. The van der Waals surface area contributed by atoms with E-state index in [0.29, 0.717) is 36.0 Å². The molecule has 1 atom stereocenters. The fourth-order valence-corrected chi connectivity index (χ4v) is 6.47. The lowest BCUT2D eigenvalue weighted by atomic mass is 9.81. The summed E-state index contributed by atoms with van der Waals surface area (Å²) in [5, 5.41) is 19.9. The number of nitrogens with one attached hydrogen (secondary N) is 3. The fourth-order valence-electron chi connectivity index (χ4n) is 6.47. The van der Waals surface area contributed by atoms with Gasteiger partial charge in [-0.3, -0.25) is 14.4 Å². The van der Waals surface area contributed by atoms with Gasteiger partial charge in [0.05, 0.1) is 0 Å². The van der Waals surface area contributed by atoms with Gasteiger partial charge in [-0.1, -0.05) is 36.4 Å². The first-order valence-corrected chi connectivity index (χ1v) is 16.7. The molecule has 0 bridgehead atoms. The third-order valence-electron chi connectivity index (χ3n) is 9.58. The average molecular weight is 650 g/mol. The molecule has 2 fully saturated rings. The topological polar surface area (TPSA) is 162 Å². The van der Waals surface area contributed by atoms with Crippen LogP contribution in [0.2, 0.25) is 0 Å². The Labute approximate surface area is 280 Å². The Hall–Kier alpha value is -4.94. The molecule has 0 unspecified atom stereocenters. The molecule has 12 nitrogen and oxygen atoms in total. The van der Waals surface area contributed by atoms with E-state index in [9.17, 15) is 14.4 Å². The summed E-state index contributed by atoms with van der Waals surface area (Å²) in [6.07, 6.45) is 3.69. The van der Waals surface area contributed by atoms with Gasteiger partial charge in [-0.15, -0.1) is 5.10 Å². The number of tetrazole rings is 1. The Morgan fingerprint density at radius 2 is 1.60 bits per heavy atom. The number of aromatic nitrogens is 4. The summed E-state index contributed by atoms with van der Waals surface area (Å²) in [7, 11) is 2.07. The zero-order valence-corrected chi connectivity index (χ0v) is 27.3. The maximum absolute atomic E-state index is 13.7. The van der Waals surface area contributed by atoms with E-state index in [1.165, 1.54) is 0 Å². The van der Waals surface area contributed by atoms with Gasteiger partial charge in [0.2, 0.25) is 11.8 Å². The third-order valence-corrected chi connectivity index (χ3v) is 9.58. The van der Waals surface area contributed by atoms with E-state index in [-0.39, 0.29) is 23.6 Å². The molecule has 0 spiro atoms. The molecule has 250 valence electrons. The Bertz CT molecular complexity index is 1680. The van der Waals surface area contributed by atoms with Crippen molar-refractivity contribution in [1.29, 1.82) is 0 Å². The number of hydrogen-bond acceptors (Lipinski definition) is 8. The molecule has 1 aromatic heterocycles. The third kappa shape index (κ3) is 8.12. The van der Waals surface area contributed by atoms with E-state index >= 15 is 0 Å². The van der Waals surface area contributed by atoms with Crippen molar-refractivity contribution in [2.24, 2.45) is 17.6 Å². The number of nitrogens with two attached hydrogens (primary N) is 1. The Morgan fingerprint density at radius 3 is 2.27 bits per heavy atom. The van der Waals surface area contributed by atoms with Gasteiger partial charge in [0.1, 0.15) is 6.04 Å². The minimum Gasteiger partial charge on any atom is -0.344 e. The number of carbonyl (C=O) groups is 3. The molecule has 2 heterocycles. The SMILES string of the molecule is CN1CCN(C(=O)c2cccc(-c3ccc(C[C@H](NC(=O)[C@H]4CC[C@H](CN)CC4)C(=O)Nc4ccc(-c5nnn[nH]5)cc4)cc3)c2)CC1. The van der Waals surface area contributed by atoms with Crippen LogP contribution in [0.5, 0.6) is 0 Å². The van der Waals surface area contributed by atoms with Crippen LogP contribution in [0.3, 0.4) is 0 Å². The summed E-state index contributed by atoms with van der Waals surface area (Å²) < 4.78 is 0. The van der Waals surface area contributed by atoms with Crippen LogP contribution in [0.25, 0.3) is 22.5 Å². The summed E-state index contributed by atoms with van der Waals surface area (Å²) in [5.41, 5.74) is 10.7. The monoisotopic (exact) mass is 649 g/mol. The van der Waals surface area contributed by atoms with Gasteiger partial charge in [0.15, 0.2) is 5.82 Å². The minimum absolute atomic E-state index is 0.0484. The van der Waals surface area contributed by atoms with Crippen molar-refractivity contribution in [3.05, 3.63) is 83.9 Å². The minimum atomic E-state index is -0.779. The number of likely N-dealkylation sites (N-methyl/N-ethyl adjacent to an activating group) is 1. The van der Waals surface area contributed by atoms with Crippen molar-refractivity contribution in [1.82, 2.24) is 35.7 Å². The summed E-state index contributed by atoms with van der Waals surface area (Å²) in [5.74, 6) is 0.491. The lowest BCUT2D eigenvalue weighted by molar-refractivity contribution is -0.130. The highest BCUT2D eigenvalue weighted by Crippen LogP contribution is 2.29. The van der Waals surface area contributed by atoms with Crippen molar-refractivity contribution < 1.29 is 14.4 Å². The summed E-state index contributed by atoms with van der Waals surface area (Å²) >= 11 is 0. The van der Waals surface area contributed by atoms with Gasteiger partial charge in [-0.2, -0.15) is 0 Å². The molecule has 1 aliphatic heterocycles. The molecule has 3 aromatic carbocycles. The normalized spacial score (nSPS) is 19.0. The van der Waals surface area contributed by atoms with E-state index in [0.717, 1.165) is 74.1 Å². The van der Waals surface area contributed by atoms with Crippen molar-refractivity contribution in [2.75, 3.05) is 45.1 Å². The average Bonchev–Trinajstić information content (AvgIpc) is 3.67. The molecule has 1 aliphatic carbocycles. The molecule has 4 aromatic rings. The first-order chi connectivity index (χ1) is 23.4. The highest BCUT2D eigenvalue weighted by molar-refractivity contribution is 5.98. The van der Waals surface area contributed by atoms with Gasteiger partial charge in [-0.05, 0) is 109 Å². The van der Waals surface area contributed by atoms with Crippen LogP contribution < -0.4 is 16.4 Å². The highest BCUT2D eigenvalue weighted by atomic mass is 16.2. The lowest BCUT2D eigenvalue weighted by Gasteiger charge is -2.32. The molecular formula is C36H43N9O3. The molecule has 12 heteroatoms. The number of benzene rings is 3. The van der Waals surface area contributed by atoms with Gasteiger partial charge < -0.3 is 26.2 Å². The first-order valence-electron chi connectivity index (χ1n) is 16.7. The summed E-state index contributed by atoms with van der Waals surface area (Å²) in [6, 6.07) is 22.1. The molecule has 1 saturated heterocycles. The van der Waals surface area contributed by atoms with Crippen molar-refractivity contribution in [2.45, 2.75) is 38.1 Å². The first kappa shape index (κ1) is 33.0. The van der Waals surface area contributed by atoms with Crippen LogP contribution in [0.15, 0.2) is 72.8 Å². The predicted molar refractivity (Wildman–Crippen MR) is 184 cm³/mol. The van der Waals surface area contributed by atoms with E-state index < -0.39 is 6.04 Å². The number of anilines is 1. The zero-order chi connectivity index (χ0) is 33.5. The van der Waals surface area contributed by atoms with Crippen LogP contribution in [0, 0.1) is 11.8 Å². The van der Waals surface area contributed by atoms with Crippen molar-refractivity contribution in [3.63, 3.8) is 0 Å². The number of aromatic amines is 1. The number of amides is 3. The molecule has 2 aliphatic rings. The second kappa shape index (κ2) is 15.3. The number of carbonyl (C=O) groups excluding carboxylic acids is 3. The molecule has 1 saturated carbocycles. The van der Waals surface area contributed by atoms with Crippen molar-refractivity contribution >= 4 is 23.4 Å². The number of piperazine rings is 1. The van der Waals surface area contributed by atoms with Gasteiger partial charge in [0.25, 0.3) is 5.91 Å². The maximum Gasteiger partial charge on any atom is 0.253 e. The Balaban J connectivity index is 1.15. The maximum atomic E-state index is 13.7. The van der Waals surface area contributed by atoms with Crippen LogP contribution >= 0.6 is 0 Å². The molecule has 5 N–H and O–H groups in total. The summed E-state index contributed by atoms with van der Waals surface area (Å²) in [4.78, 5) is 44.4.